The molecule has 3 nitrogen and oxygen atoms in total. The highest BCUT2D eigenvalue weighted by molar-refractivity contribution is 5.95. The maximum atomic E-state index is 13.7. The van der Waals surface area contributed by atoms with E-state index in [-0.39, 0.29) is 17.1 Å². The van der Waals surface area contributed by atoms with Gasteiger partial charge in [-0.3, -0.25) is 4.79 Å². The van der Waals surface area contributed by atoms with Gasteiger partial charge in [-0.15, -0.1) is 0 Å². The summed E-state index contributed by atoms with van der Waals surface area (Å²) in [5.41, 5.74) is 6.73. The van der Waals surface area contributed by atoms with Gasteiger partial charge in [0.05, 0.1) is 11.6 Å². The van der Waals surface area contributed by atoms with Crippen LogP contribution in [0.1, 0.15) is 34.5 Å². The summed E-state index contributed by atoms with van der Waals surface area (Å²) in [7, 11) is 0. The van der Waals surface area contributed by atoms with Crippen molar-refractivity contribution in [1.82, 2.24) is 5.32 Å². The maximum Gasteiger partial charge on any atom is 0.254 e. The molecule has 0 aliphatic rings. The van der Waals surface area contributed by atoms with Crippen LogP contribution in [0.15, 0.2) is 36.4 Å². The molecule has 0 aliphatic heterocycles. The Labute approximate surface area is 121 Å². The Bertz CT molecular complexity index is 686. The van der Waals surface area contributed by atoms with E-state index in [1.54, 1.807) is 26.0 Å². The lowest BCUT2D eigenvalue weighted by Crippen LogP contribution is -2.27. The van der Waals surface area contributed by atoms with Crippen LogP contribution in [0.5, 0.6) is 0 Å². The molecule has 5 heteroatoms. The number of amides is 1. The SMILES string of the molecule is Cc1ccc(C(C)NC(=O)c2ccc(N)cc2F)cc1F. The first-order valence-electron chi connectivity index (χ1n) is 6.50. The molecule has 0 saturated heterocycles. The molecule has 0 bridgehead atoms. The second-order valence-electron chi connectivity index (χ2n) is 4.94. The fourth-order valence-corrected chi connectivity index (χ4v) is 1.95. The van der Waals surface area contributed by atoms with Crippen LogP contribution in [0.4, 0.5) is 14.5 Å². The number of anilines is 1. The number of carbonyl (C=O) groups excluding carboxylic acids is 1. The number of nitrogen functional groups attached to an aromatic ring is 1. The highest BCUT2D eigenvalue weighted by atomic mass is 19.1. The summed E-state index contributed by atoms with van der Waals surface area (Å²) in [5.74, 6) is -1.59. The van der Waals surface area contributed by atoms with Crippen molar-refractivity contribution in [2.75, 3.05) is 5.73 Å². The number of nitrogens with one attached hydrogen (secondary N) is 1. The molecule has 2 rings (SSSR count). The Kier molecular flexibility index (Phi) is 4.21. The predicted molar refractivity (Wildman–Crippen MR) is 77.8 cm³/mol. The Balaban J connectivity index is 2.16. The van der Waals surface area contributed by atoms with Gasteiger partial charge < -0.3 is 11.1 Å². The summed E-state index contributed by atoms with van der Waals surface area (Å²) < 4.78 is 27.2. The van der Waals surface area contributed by atoms with Gasteiger partial charge in [0.25, 0.3) is 5.91 Å². The van der Waals surface area contributed by atoms with Crippen LogP contribution in [0, 0.1) is 18.6 Å². The third kappa shape index (κ3) is 3.37. The Morgan fingerprint density at radius 1 is 1.14 bits per heavy atom. The molecule has 0 saturated carbocycles. The summed E-state index contributed by atoms with van der Waals surface area (Å²) in [6, 6.07) is 8.14. The number of aryl methyl sites for hydroxylation is 1. The van der Waals surface area contributed by atoms with E-state index < -0.39 is 17.8 Å². The number of carbonyl (C=O) groups is 1. The molecule has 2 aromatic rings. The monoisotopic (exact) mass is 290 g/mol. The fraction of sp³-hybridized carbons (Fsp3) is 0.188. The number of halogens is 2. The largest absolute Gasteiger partial charge is 0.399 e. The van der Waals surface area contributed by atoms with Gasteiger partial charge in [-0.05, 0) is 49.2 Å². The van der Waals surface area contributed by atoms with Crippen LogP contribution >= 0.6 is 0 Å². The molecular weight excluding hydrogens is 274 g/mol. The molecule has 2 aromatic carbocycles. The summed E-state index contributed by atoms with van der Waals surface area (Å²) in [6.45, 7) is 3.36. The number of nitrogens with two attached hydrogens (primary N) is 1. The van der Waals surface area contributed by atoms with Crippen LogP contribution in [0.25, 0.3) is 0 Å². The second-order valence-corrected chi connectivity index (χ2v) is 4.94. The predicted octanol–water partition coefficient (Wildman–Crippen LogP) is 3.35. The molecular formula is C16H16F2N2O. The van der Waals surface area contributed by atoms with Gasteiger partial charge in [0.2, 0.25) is 0 Å². The summed E-state index contributed by atoms with van der Waals surface area (Å²) in [5, 5.41) is 2.63. The number of hydrogen-bond acceptors (Lipinski definition) is 2. The van der Waals surface area contributed by atoms with Crippen LogP contribution in [0.3, 0.4) is 0 Å². The van der Waals surface area contributed by atoms with Gasteiger partial charge in [-0.2, -0.15) is 0 Å². The lowest BCUT2D eigenvalue weighted by Gasteiger charge is -2.15. The van der Waals surface area contributed by atoms with Crippen molar-refractivity contribution < 1.29 is 13.6 Å². The fourth-order valence-electron chi connectivity index (χ4n) is 1.95. The van der Waals surface area contributed by atoms with E-state index in [1.807, 2.05) is 0 Å². The van der Waals surface area contributed by atoms with Crippen molar-refractivity contribution in [3.63, 3.8) is 0 Å². The molecule has 0 aromatic heterocycles. The Morgan fingerprint density at radius 3 is 2.48 bits per heavy atom. The highest BCUT2D eigenvalue weighted by Gasteiger charge is 2.16. The average molecular weight is 290 g/mol. The first-order chi connectivity index (χ1) is 9.88. The van der Waals surface area contributed by atoms with Crippen LogP contribution in [-0.2, 0) is 0 Å². The van der Waals surface area contributed by atoms with Crippen LogP contribution < -0.4 is 11.1 Å². The zero-order valence-electron chi connectivity index (χ0n) is 11.8. The number of benzene rings is 2. The molecule has 1 amide bonds. The van der Waals surface area contributed by atoms with Crippen molar-refractivity contribution in [1.29, 1.82) is 0 Å². The van der Waals surface area contributed by atoms with E-state index in [9.17, 15) is 13.6 Å². The third-order valence-electron chi connectivity index (χ3n) is 3.28. The van der Waals surface area contributed by atoms with Gasteiger partial charge in [0.15, 0.2) is 0 Å². The summed E-state index contributed by atoms with van der Waals surface area (Å²) in [6.07, 6.45) is 0. The topological polar surface area (TPSA) is 55.1 Å². The van der Waals surface area contributed by atoms with Gasteiger partial charge >= 0.3 is 0 Å². The first-order valence-corrected chi connectivity index (χ1v) is 6.50. The molecule has 0 spiro atoms. The standard InChI is InChI=1S/C16H16F2N2O/c1-9-3-4-11(7-14(9)17)10(2)20-16(21)13-6-5-12(19)8-15(13)18/h3-8,10H,19H2,1-2H3,(H,20,21). The van der Waals surface area contributed by atoms with E-state index in [4.69, 9.17) is 5.73 Å². The van der Waals surface area contributed by atoms with Crippen molar-refractivity contribution in [2.45, 2.75) is 19.9 Å². The van der Waals surface area contributed by atoms with Crippen LogP contribution in [0.2, 0.25) is 0 Å². The van der Waals surface area contributed by atoms with E-state index in [0.717, 1.165) is 6.07 Å². The van der Waals surface area contributed by atoms with Gasteiger partial charge in [0.1, 0.15) is 11.6 Å². The molecule has 3 N–H and O–H groups in total. The minimum atomic E-state index is -0.685. The molecule has 0 fully saturated rings. The first kappa shape index (κ1) is 15.0. The lowest BCUT2D eigenvalue weighted by molar-refractivity contribution is 0.0936. The maximum absolute atomic E-state index is 13.7. The van der Waals surface area contributed by atoms with Crippen molar-refractivity contribution >= 4 is 11.6 Å². The number of rotatable bonds is 3. The quantitative estimate of drug-likeness (QED) is 0.852. The minimum absolute atomic E-state index is 0.0939. The molecule has 21 heavy (non-hydrogen) atoms. The normalized spacial score (nSPS) is 12.0. The summed E-state index contributed by atoms with van der Waals surface area (Å²) >= 11 is 0. The molecule has 0 aliphatic carbocycles. The van der Waals surface area contributed by atoms with Gasteiger partial charge in [-0.1, -0.05) is 12.1 Å². The van der Waals surface area contributed by atoms with Gasteiger partial charge in [0, 0.05) is 5.69 Å². The zero-order valence-corrected chi connectivity index (χ0v) is 11.8. The van der Waals surface area contributed by atoms with E-state index in [0.29, 0.717) is 11.1 Å². The average Bonchev–Trinajstić information content (AvgIpc) is 2.41. The molecule has 0 radical (unpaired) electrons. The van der Waals surface area contributed by atoms with E-state index >= 15 is 0 Å². The Morgan fingerprint density at radius 2 is 1.86 bits per heavy atom. The van der Waals surface area contributed by atoms with Crippen molar-refractivity contribution in [3.8, 4) is 0 Å². The van der Waals surface area contributed by atoms with E-state index in [2.05, 4.69) is 5.32 Å². The van der Waals surface area contributed by atoms with Crippen LogP contribution in [-0.4, -0.2) is 5.91 Å². The molecule has 1 unspecified atom stereocenters. The Hall–Kier alpha value is -2.43. The molecule has 0 heterocycles. The smallest absolute Gasteiger partial charge is 0.254 e. The van der Waals surface area contributed by atoms with Crippen molar-refractivity contribution in [3.05, 3.63) is 64.7 Å². The minimum Gasteiger partial charge on any atom is -0.399 e. The van der Waals surface area contributed by atoms with Crippen molar-refractivity contribution in [2.24, 2.45) is 0 Å². The molecule has 1 atom stereocenters. The van der Waals surface area contributed by atoms with E-state index in [1.165, 1.54) is 18.2 Å². The third-order valence-corrected chi connectivity index (χ3v) is 3.28. The molecule has 110 valence electrons. The lowest BCUT2D eigenvalue weighted by atomic mass is 10.1. The van der Waals surface area contributed by atoms with Gasteiger partial charge in [-0.25, -0.2) is 8.78 Å². The highest BCUT2D eigenvalue weighted by Crippen LogP contribution is 2.18. The summed E-state index contributed by atoms with van der Waals surface area (Å²) in [4.78, 5) is 12.0. The second kappa shape index (κ2) is 5.91. The zero-order chi connectivity index (χ0) is 15.6. The number of hydrogen-bond donors (Lipinski definition) is 2.